The van der Waals surface area contributed by atoms with Gasteiger partial charge in [0.15, 0.2) is 5.90 Å². The highest BCUT2D eigenvalue weighted by Crippen LogP contribution is 2.49. The zero-order valence-corrected chi connectivity index (χ0v) is 16.1. The third-order valence-electron chi connectivity index (χ3n) is 4.91. The van der Waals surface area contributed by atoms with Gasteiger partial charge in [0.25, 0.3) is 0 Å². The van der Waals surface area contributed by atoms with Crippen LogP contribution in [0, 0.1) is 11.8 Å². The molecular weight excluding hydrogens is 337 g/mol. The Bertz CT molecular complexity index is 800. The van der Waals surface area contributed by atoms with Gasteiger partial charge in [0.1, 0.15) is 6.61 Å². The molecular formula is C23H24NOP. The fourth-order valence-electron chi connectivity index (χ4n) is 3.41. The van der Waals surface area contributed by atoms with Crippen molar-refractivity contribution in [1.82, 2.24) is 0 Å². The minimum atomic E-state index is -0.599. The molecule has 4 rings (SSSR count). The molecule has 0 bridgehead atoms. The van der Waals surface area contributed by atoms with E-state index < -0.39 is 7.92 Å². The van der Waals surface area contributed by atoms with Crippen LogP contribution < -0.4 is 10.6 Å². The van der Waals surface area contributed by atoms with Crippen LogP contribution in [0.1, 0.15) is 13.8 Å². The van der Waals surface area contributed by atoms with Gasteiger partial charge in [-0.15, -0.1) is 0 Å². The Balaban J connectivity index is 1.71. The average Bonchev–Trinajstić information content (AvgIpc) is 3.33. The van der Waals surface area contributed by atoms with Gasteiger partial charge < -0.3 is 4.74 Å². The van der Waals surface area contributed by atoms with E-state index in [9.17, 15) is 0 Å². The maximum Gasteiger partial charge on any atom is 0.195 e. The van der Waals surface area contributed by atoms with Crippen LogP contribution in [0.3, 0.4) is 0 Å². The predicted molar refractivity (Wildman–Crippen MR) is 112 cm³/mol. The molecule has 2 unspecified atom stereocenters. The smallest absolute Gasteiger partial charge is 0.195 e. The number of aliphatic imine (C=N–C) groups is 1. The zero-order valence-electron chi connectivity index (χ0n) is 15.2. The average molecular weight is 361 g/mol. The van der Waals surface area contributed by atoms with Crippen molar-refractivity contribution in [3.8, 4) is 0 Å². The Kier molecular flexibility index (Phi) is 5.04. The number of ether oxygens (including phenoxy) is 1. The van der Waals surface area contributed by atoms with Crippen LogP contribution in [0.2, 0.25) is 0 Å². The fraction of sp³-hybridized carbons (Fsp3) is 0.261. The van der Waals surface area contributed by atoms with Crippen molar-refractivity contribution in [3.05, 3.63) is 84.2 Å². The van der Waals surface area contributed by atoms with Gasteiger partial charge in [-0.3, -0.25) is 0 Å². The van der Waals surface area contributed by atoms with Crippen molar-refractivity contribution in [2.45, 2.75) is 19.9 Å². The van der Waals surface area contributed by atoms with Crippen LogP contribution in [0.4, 0.5) is 0 Å². The number of allylic oxidation sites excluding steroid dienone is 2. The Hall–Kier alpha value is -2.18. The SMILES string of the molecule is CC(C)C1COC(C2C=CC=C2P(c2ccccc2)c2ccccc2)=N1. The number of hydrogen-bond donors (Lipinski definition) is 0. The molecule has 2 nitrogen and oxygen atoms in total. The summed E-state index contributed by atoms with van der Waals surface area (Å²) in [5.74, 6) is 1.56. The predicted octanol–water partition coefficient (Wildman–Crippen LogP) is 4.64. The van der Waals surface area contributed by atoms with Gasteiger partial charge in [-0.1, -0.05) is 92.7 Å². The lowest BCUT2D eigenvalue weighted by atomic mass is 10.1. The highest BCUT2D eigenvalue weighted by Gasteiger charge is 2.34. The molecule has 1 heterocycles. The Labute approximate surface area is 157 Å². The molecule has 26 heavy (non-hydrogen) atoms. The second-order valence-corrected chi connectivity index (χ2v) is 9.27. The highest BCUT2D eigenvalue weighted by molar-refractivity contribution is 7.76. The number of hydrogen-bond acceptors (Lipinski definition) is 2. The summed E-state index contributed by atoms with van der Waals surface area (Å²) in [6.45, 7) is 5.13. The molecule has 0 saturated carbocycles. The van der Waals surface area contributed by atoms with E-state index in [1.165, 1.54) is 15.9 Å². The molecule has 0 aromatic heterocycles. The van der Waals surface area contributed by atoms with Crippen molar-refractivity contribution in [2.75, 3.05) is 6.61 Å². The minimum Gasteiger partial charge on any atom is -0.478 e. The lowest BCUT2D eigenvalue weighted by Crippen LogP contribution is -2.20. The van der Waals surface area contributed by atoms with Crippen molar-refractivity contribution >= 4 is 24.4 Å². The van der Waals surface area contributed by atoms with E-state index in [0.717, 1.165) is 5.90 Å². The minimum absolute atomic E-state index is 0.158. The van der Waals surface area contributed by atoms with E-state index in [0.29, 0.717) is 12.5 Å². The standard InChI is InChI=1S/C23H24NOP/c1-17(2)21-16-25-23(24-21)20-14-9-15-22(20)26(18-10-5-3-6-11-18)19-12-7-4-8-13-19/h3-15,17,20-21H,16H2,1-2H3. The fourth-order valence-corrected chi connectivity index (χ4v) is 5.96. The van der Waals surface area contributed by atoms with E-state index in [1.54, 1.807) is 0 Å². The van der Waals surface area contributed by atoms with E-state index in [1.807, 2.05) is 0 Å². The van der Waals surface area contributed by atoms with Gasteiger partial charge in [-0.2, -0.15) is 0 Å². The van der Waals surface area contributed by atoms with Gasteiger partial charge in [-0.25, -0.2) is 4.99 Å². The van der Waals surface area contributed by atoms with E-state index in [-0.39, 0.29) is 12.0 Å². The Morgan fingerprint density at radius 3 is 2.12 bits per heavy atom. The van der Waals surface area contributed by atoms with E-state index >= 15 is 0 Å². The molecule has 0 spiro atoms. The summed E-state index contributed by atoms with van der Waals surface area (Å²) >= 11 is 0. The summed E-state index contributed by atoms with van der Waals surface area (Å²) in [7, 11) is -0.599. The Morgan fingerprint density at radius 2 is 1.58 bits per heavy atom. The number of benzene rings is 2. The summed E-state index contributed by atoms with van der Waals surface area (Å²) in [6, 6.07) is 21.9. The normalized spacial score (nSPS) is 21.8. The molecule has 2 aliphatic rings. The van der Waals surface area contributed by atoms with Crippen molar-refractivity contribution < 1.29 is 4.74 Å². The molecule has 132 valence electrons. The van der Waals surface area contributed by atoms with Gasteiger partial charge in [0, 0.05) is 0 Å². The van der Waals surface area contributed by atoms with Crippen LogP contribution in [0.5, 0.6) is 0 Å². The summed E-state index contributed by atoms with van der Waals surface area (Å²) in [6.07, 6.45) is 6.67. The number of nitrogens with zero attached hydrogens (tertiary/aromatic N) is 1. The van der Waals surface area contributed by atoms with Crippen LogP contribution in [-0.2, 0) is 4.74 Å². The van der Waals surface area contributed by atoms with E-state index in [4.69, 9.17) is 9.73 Å². The van der Waals surface area contributed by atoms with Gasteiger partial charge in [-0.05, 0) is 29.8 Å². The largest absolute Gasteiger partial charge is 0.478 e. The van der Waals surface area contributed by atoms with Gasteiger partial charge >= 0.3 is 0 Å². The highest BCUT2D eigenvalue weighted by atomic mass is 31.1. The van der Waals surface area contributed by atoms with Gasteiger partial charge in [0.05, 0.1) is 12.0 Å². The first-order chi connectivity index (χ1) is 12.7. The summed E-state index contributed by atoms with van der Waals surface area (Å²) in [4.78, 5) is 4.90. The van der Waals surface area contributed by atoms with Crippen molar-refractivity contribution in [3.63, 3.8) is 0 Å². The molecule has 0 saturated heterocycles. The molecule has 0 fully saturated rings. The first-order valence-corrected chi connectivity index (χ1v) is 10.6. The number of rotatable bonds is 5. The summed E-state index contributed by atoms with van der Waals surface area (Å²) in [5.41, 5.74) is 0. The van der Waals surface area contributed by atoms with Crippen LogP contribution in [0.25, 0.3) is 0 Å². The molecule has 3 heteroatoms. The second kappa shape index (κ2) is 7.60. The van der Waals surface area contributed by atoms with Crippen LogP contribution in [-0.4, -0.2) is 18.5 Å². The first-order valence-electron chi connectivity index (χ1n) is 9.23. The lowest BCUT2D eigenvalue weighted by Gasteiger charge is -2.24. The van der Waals surface area contributed by atoms with Crippen LogP contribution in [0.15, 0.2) is 89.2 Å². The monoisotopic (exact) mass is 361 g/mol. The second-order valence-electron chi connectivity index (χ2n) is 7.05. The molecule has 0 radical (unpaired) electrons. The molecule has 2 aromatic rings. The van der Waals surface area contributed by atoms with Gasteiger partial charge in [0.2, 0.25) is 0 Å². The maximum absolute atomic E-state index is 6.03. The summed E-state index contributed by atoms with van der Waals surface area (Å²) < 4.78 is 6.03. The molecule has 0 amide bonds. The Morgan fingerprint density at radius 1 is 0.962 bits per heavy atom. The molecule has 1 aliphatic carbocycles. The third-order valence-corrected chi connectivity index (χ3v) is 7.48. The molecule has 0 N–H and O–H groups in total. The van der Waals surface area contributed by atoms with Crippen molar-refractivity contribution in [1.29, 1.82) is 0 Å². The molecule has 2 aromatic carbocycles. The molecule has 1 aliphatic heterocycles. The van der Waals surface area contributed by atoms with Crippen molar-refractivity contribution in [2.24, 2.45) is 16.8 Å². The molecule has 2 atom stereocenters. The third kappa shape index (κ3) is 3.39. The maximum atomic E-state index is 6.03. The van der Waals surface area contributed by atoms with E-state index in [2.05, 4.69) is 92.7 Å². The summed E-state index contributed by atoms with van der Waals surface area (Å²) in [5, 5.41) is 4.14. The quantitative estimate of drug-likeness (QED) is 0.711. The van der Waals surface area contributed by atoms with Crippen LogP contribution >= 0.6 is 7.92 Å². The topological polar surface area (TPSA) is 21.6 Å². The lowest BCUT2D eigenvalue weighted by molar-refractivity contribution is 0.284. The first kappa shape index (κ1) is 17.2. The zero-order chi connectivity index (χ0) is 17.9.